The minimum atomic E-state index is -0.343. The van der Waals surface area contributed by atoms with Crippen LogP contribution in [0.25, 0.3) is 0 Å². The maximum Gasteiger partial charge on any atom is 0.121 e. The fraction of sp³-hybridized carbons (Fsp3) is 0.417. The SMILES string of the molecule is Cc1ccc(NCC2(C#N)COC2)c(Br)c1. The lowest BCUT2D eigenvalue weighted by Gasteiger charge is -2.35. The molecular weight excluding hydrogens is 268 g/mol. The Labute approximate surface area is 104 Å². The van der Waals surface area contributed by atoms with E-state index in [4.69, 9.17) is 10.00 Å². The number of nitriles is 1. The van der Waals surface area contributed by atoms with E-state index in [0.29, 0.717) is 19.8 Å². The number of ether oxygens (including phenoxy) is 1. The Hall–Kier alpha value is -1.05. The fourth-order valence-corrected chi connectivity index (χ4v) is 2.22. The molecule has 0 bridgehead atoms. The number of hydrogen-bond donors (Lipinski definition) is 1. The molecule has 0 unspecified atom stereocenters. The highest BCUT2D eigenvalue weighted by Gasteiger charge is 2.38. The average molecular weight is 281 g/mol. The van der Waals surface area contributed by atoms with E-state index in [0.717, 1.165) is 10.2 Å². The first-order valence-corrected chi connectivity index (χ1v) is 5.94. The molecule has 2 rings (SSSR count). The van der Waals surface area contributed by atoms with Crippen LogP contribution in [0.4, 0.5) is 5.69 Å². The predicted molar refractivity (Wildman–Crippen MR) is 66.2 cm³/mol. The van der Waals surface area contributed by atoms with Gasteiger partial charge in [0.05, 0.1) is 19.3 Å². The van der Waals surface area contributed by atoms with Crippen molar-refractivity contribution in [2.24, 2.45) is 5.41 Å². The van der Waals surface area contributed by atoms with E-state index in [1.165, 1.54) is 5.56 Å². The average Bonchev–Trinajstić information content (AvgIpc) is 2.19. The summed E-state index contributed by atoms with van der Waals surface area (Å²) >= 11 is 3.50. The van der Waals surface area contributed by atoms with Crippen molar-refractivity contribution < 1.29 is 4.74 Å². The van der Waals surface area contributed by atoms with Crippen LogP contribution in [0.3, 0.4) is 0 Å². The Kier molecular flexibility index (Phi) is 3.17. The summed E-state index contributed by atoms with van der Waals surface area (Å²) in [5, 5.41) is 12.3. The van der Waals surface area contributed by atoms with Gasteiger partial charge in [0.15, 0.2) is 0 Å². The second-order valence-electron chi connectivity index (χ2n) is 4.22. The normalized spacial score (nSPS) is 17.3. The van der Waals surface area contributed by atoms with Crippen LogP contribution in [-0.2, 0) is 4.74 Å². The molecule has 4 heteroatoms. The second-order valence-corrected chi connectivity index (χ2v) is 5.08. The molecule has 1 aromatic rings. The van der Waals surface area contributed by atoms with Crippen LogP contribution >= 0.6 is 15.9 Å². The third-order valence-corrected chi connectivity index (χ3v) is 3.39. The van der Waals surface area contributed by atoms with Crippen LogP contribution in [0.1, 0.15) is 5.56 Å². The van der Waals surface area contributed by atoms with Gasteiger partial charge in [0.2, 0.25) is 0 Å². The van der Waals surface area contributed by atoms with Gasteiger partial charge in [-0.2, -0.15) is 5.26 Å². The minimum absolute atomic E-state index is 0.343. The molecule has 1 aromatic carbocycles. The van der Waals surface area contributed by atoms with Crippen LogP contribution in [0.2, 0.25) is 0 Å². The first kappa shape index (κ1) is 11.4. The van der Waals surface area contributed by atoms with Crippen LogP contribution in [-0.4, -0.2) is 19.8 Å². The maximum absolute atomic E-state index is 9.05. The van der Waals surface area contributed by atoms with Crippen LogP contribution < -0.4 is 5.32 Å². The third-order valence-electron chi connectivity index (χ3n) is 2.74. The van der Waals surface area contributed by atoms with Gasteiger partial charge in [0.25, 0.3) is 0 Å². The van der Waals surface area contributed by atoms with Crippen molar-refractivity contribution >= 4 is 21.6 Å². The Morgan fingerprint density at radius 1 is 1.56 bits per heavy atom. The zero-order chi connectivity index (χ0) is 11.6. The second kappa shape index (κ2) is 4.44. The summed E-state index contributed by atoms with van der Waals surface area (Å²) in [4.78, 5) is 0. The number of aryl methyl sites for hydroxylation is 1. The van der Waals surface area contributed by atoms with Crippen molar-refractivity contribution in [3.8, 4) is 6.07 Å². The van der Waals surface area contributed by atoms with Gasteiger partial charge in [-0.05, 0) is 40.5 Å². The number of rotatable bonds is 3. The number of hydrogen-bond acceptors (Lipinski definition) is 3. The molecule has 0 radical (unpaired) electrons. The van der Waals surface area contributed by atoms with E-state index in [-0.39, 0.29) is 5.41 Å². The van der Waals surface area contributed by atoms with E-state index in [2.05, 4.69) is 33.4 Å². The molecule has 0 atom stereocenters. The Balaban J connectivity index is 2.02. The van der Waals surface area contributed by atoms with Crippen LogP contribution in [0, 0.1) is 23.7 Å². The lowest BCUT2D eigenvalue weighted by atomic mass is 9.88. The molecule has 0 saturated carbocycles. The van der Waals surface area contributed by atoms with Gasteiger partial charge in [0.1, 0.15) is 5.41 Å². The molecule has 1 fully saturated rings. The molecule has 1 aliphatic rings. The molecule has 0 aliphatic carbocycles. The number of anilines is 1. The zero-order valence-corrected chi connectivity index (χ0v) is 10.7. The Morgan fingerprint density at radius 3 is 2.81 bits per heavy atom. The quantitative estimate of drug-likeness (QED) is 0.926. The maximum atomic E-state index is 9.05. The molecule has 16 heavy (non-hydrogen) atoms. The standard InChI is InChI=1S/C12H13BrN2O/c1-9-2-3-11(10(13)4-9)15-6-12(5-14)7-16-8-12/h2-4,15H,6-8H2,1H3. The Morgan fingerprint density at radius 2 is 2.31 bits per heavy atom. The van der Waals surface area contributed by atoms with Crippen molar-refractivity contribution in [1.82, 2.24) is 0 Å². The monoisotopic (exact) mass is 280 g/mol. The minimum Gasteiger partial charge on any atom is -0.382 e. The first-order valence-electron chi connectivity index (χ1n) is 5.14. The third kappa shape index (κ3) is 2.21. The smallest absolute Gasteiger partial charge is 0.121 e. The summed E-state index contributed by atoms with van der Waals surface area (Å²) in [7, 11) is 0. The number of nitrogens with zero attached hydrogens (tertiary/aromatic N) is 1. The first-order chi connectivity index (χ1) is 7.65. The molecule has 1 N–H and O–H groups in total. The molecule has 0 aromatic heterocycles. The summed E-state index contributed by atoms with van der Waals surface area (Å²) in [6.45, 7) is 3.73. The summed E-state index contributed by atoms with van der Waals surface area (Å²) in [6.07, 6.45) is 0. The molecule has 0 spiro atoms. The van der Waals surface area contributed by atoms with Crippen molar-refractivity contribution in [2.45, 2.75) is 6.92 Å². The highest BCUT2D eigenvalue weighted by molar-refractivity contribution is 9.10. The summed E-state index contributed by atoms with van der Waals surface area (Å²) in [5.41, 5.74) is 1.89. The topological polar surface area (TPSA) is 45.0 Å². The predicted octanol–water partition coefficient (Wildman–Crippen LogP) is 2.71. The highest BCUT2D eigenvalue weighted by atomic mass is 79.9. The summed E-state index contributed by atoms with van der Waals surface area (Å²) < 4.78 is 6.12. The molecule has 3 nitrogen and oxygen atoms in total. The lowest BCUT2D eigenvalue weighted by Crippen LogP contribution is -2.46. The van der Waals surface area contributed by atoms with Gasteiger partial charge < -0.3 is 10.1 Å². The van der Waals surface area contributed by atoms with Gasteiger partial charge in [0, 0.05) is 16.7 Å². The van der Waals surface area contributed by atoms with Gasteiger partial charge in [-0.25, -0.2) is 0 Å². The number of halogens is 1. The largest absolute Gasteiger partial charge is 0.382 e. The van der Waals surface area contributed by atoms with Gasteiger partial charge in [-0.15, -0.1) is 0 Å². The van der Waals surface area contributed by atoms with E-state index in [1.54, 1.807) is 0 Å². The van der Waals surface area contributed by atoms with Gasteiger partial charge >= 0.3 is 0 Å². The number of benzene rings is 1. The molecular formula is C12H13BrN2O. The van der Waals surface area contributed by atoms with Crippen molar-refractivity contribution in [2.75, 3.05) is 25.1 Å². The van der Waals surface area contributed by atoms with Gasteiger partial charge in [-0.3, -0.25) is 0 Å². The molecule has 1 aliphatic heterocycles. The van der Waals surface area contributed by atoms with Crippen molar-refractivity contribution in [3.05, 3.63) is 28.2 Å². The fourth-order valence-electron chi connectivity index (χ4n) is 1.58. The van der Waals surface area contributed by atoms with E-state index >= 15 is 0 Å². The van der Waals surface area contributed by atoms with E-state index in [9.17, 15) is 0 Å². The van der Waals surface area contributed by atoms with E-state index < -0.39 is 0 Å². The molecule has 84 valence electrons. The van der Waals surface area contributed by atoms with E-state index in [1.807, 2.05) is 19.1 Å². The summed E-state index contributed by atoms with van der Waals surface area (Å²) in [6, 6.07) is 8.43. The van der Waals surface area contributed by atoms with Crippen LogP contribution in [0.15, 0.2) is 22.7 Å². The zero-order valence-electron chi connectivity index (χ0n) is 9.09. The molecule has 0 amide bonds. The lowest BCUT2D eigenvalue weighted by molar-refractivity contribution is -0.0690. The van der Waals surface area contributed by atoms with Crippen molar-refractivity contribution in [1.29, 1.82) is 5.26 Å². The molecule has 1 heterocycles. The Bertz CT molecular complexity index is 435. The molecule has 1 saturated heterocycles. The van der Waals surface area contributed by atoms with Crippen molar-refractivity contribution in [3.63, 3.8) is 0 Å². The van der Waals surface area contributed by atoms with Gasteiger partial charge in [-0.1, -0.05) is 6.07 Å². The van der Waals surface area contributed by atoms with Crippen LogP contribution in [0.5, 0.6) is 0 Å². The number of nitrogens with one attached hydrogen (secondary N) is 1. The summed E-state index contributed by atoms with van der Waals surface area (Å²) in [5.74, 6) is 0. The highest BCUT2D eigenvalue weighted by Crippen LogP contribution is 2.29.